The molecule has 4 nitrogen and oxygen atoms in total. The van der Waals surface area contributed by atoms with Gasteiger partial charge in [-0.05, 0) is 0 Å². The van der Waals surface area contributed by atoms with Crippen molar-refractivity contribution in [2.24, 2.45) is 0 Å². The average Bonchev–Trinajstić information content (AvgIpc) is 0.722. The molecule has 0 rings (SSSR count). The monoisotopic (exact) mass is 200 g/mol. The van der Waals surface area contributed by atoms with E-state index in [1.807, 2.05) is 0 Å². The molecule has 0 saturated heterocycles. The van der Waals surface area contributed by atoms with Crippen molar-refractivity contribution in [1.29, 1.82) is 0 Å². The molecule has 8 heteroatoms. The van der Waals surface area contributed by atoms with E-state index >= 15 is 0 Å². The Morgan fingerprint density at radius 1 is 1.25 bits per heavy atom. The number of hydrogen-bond donors (Lipinski definition) is 2. The molecule has 0 atom stereocenters. The summed E-state index contributed by atoms with van der Waals surface area (Å²) in [4.78, 5) is 0. The van der Waals surface area contributed by atoms with Crippen molar-refractivity contribution in [3.05, 3.63) is 0 Å². The van der Waals surface area contributed by atoms with Gasteiger partial charge in [0.25, 0.3) is 0 Å². The predicted octanol–water partition coefficient (Wildman–Crippen LogP) is -4.40. The summed E-state index contributed by atoms with van der Waals surface area (Å²) in [6.07, 6.45) is 0. The third-order valence-corrected chi connectivity index (χ3v) is 0. The van der Waals surface area contributed by atoms with Crippen molar-refractivity contribution in [3.8, 4) is 0 Å². The molecule has 0 aliphatic heterocycles. The second-order valence-electron chi connectivity index (χ2n) is 0.448. The molecule has 0 aliphatic carbocycles. The first-order valence-electron chi connectivity index (χ1n) is 0.698. The topological polar surface area (TPSA) is 74.6 Å². The molecule has 2 N–H and O–H groups in total. The maximum Gasteiger partial charge on any atom is 0 e. The number of rotatable bonds is 0. The van der Waals surface area contributed by atoms with Crippen molar-refractivity contribution in [1.82, 2.24) is 0 Å². The van der Waals surface area contributed by atoms with Crippen molar-refractivity contribution >= 4 is 23.1 Å². The summed E-state index contributed by atoms with van der Waals surface area (Å²) in [5.74, 6) is 0. The van der Waals surface area contributed by atoms with E-state index in [4.69, 9.17) is 15.9 Å². The summed E-state index contributed by atoms with van der Waals surface area (Å²) >= 11 is -5.25. The van der Waals surface area contributed by atoms with Crippen LogP contribution in [0.5, 0.6) is 0 Å². The van der Waals surface area contributed by atoms with E-state index in [0.29, 0.717) is 0 Å². The Hall–Kier alpha value is 2.13. The van der Waals surface area contributed by atoms with Gasteiger partial charge in [-0.2, -0.15) is 0 Å². The Balaban J connectivity index is -0.00000000533. The van der Waals surface area contributed by atoms with Crippen LogP contribution in [-0.2, 0) is 42.9 Å². The third-order valence-electron chi connectivity index (χ3n) is 0. The van der Waals surface area contributed by atoms with E-state index in [1.165, 1.54) is 0 Å². The number of hydrogen-bond acceptors (Lipinski definition) is 2. The maximum atomic E-state index is 8.82. The van der Waals surface area contributed by atoms with Gasteiger partial charge in [0, 0.05) is 21.7 Å². The fourth-order valence-corrected chi connectivity index (χ4v) is 0. The minimum absolute atomic E-state index is 0. The summed E-state index contributed by atoms with van der Waals surface area (Å²) in [5.41, 5.74) is 0. The molecule has 0 saturated carbocycles. The third kappa shape index (κ3) is 91.1. The SMILES string of the molecule is [H-].[H-].[H-].[Li+].[Mg+2].[O]=[Cr](=[O])([OH])[OH].[Ti]. The molecule has 8 heavy (non-hydrogen) atoms. The first-order chi connectivity index (χ1) is 2.00. The second kappa shape index (κ2) is 9.13. The molecule has 0 radical (unpaired) electrons. The van der Waals surface area contributed by atoms with Crippen LogP contribution in [0.4, 0.5) is 0 Å². The van der Waals surface area contributed by atoms with E-state index in [9.17, 15) is 0 Å². The molecule has 0 bridgehead atoms. The largest absolute Gasteiger partial charge is 0 e. The molecular weight excluding hydrogens is 195 g/mol. The summed E-state index contributed by atoms with van der Waals surface area (Å²) in [7, 11) is 0. The summed E-state index contributed by atoms with van der Waals surface area (Å²) in [5, 5.41) is 0. The van der Waals surface area contributed by atoms with Crippen LogP contribution >= 0.6 is 0 Å². The van der Waals surface area contributed by atoms with E-state index in [-0.39, 0.29) is 67.9 Å². The zero-order valence-electron chi connectivity index (χ0n) is 7.33. The first-order valence-corrected chi connectivity index (χ1v) is 2.88. The van der Waals surface area contributed by atoms with Crippen LogP contribution in [0.15, 0.2) is 0 Å². The molecule has 42 valence electrons. The molecule has 0 aliphatic rings. The van der Waals surface area contributed by atoms with Gasteiger partial charge in [0.2, 0.25) is 0 Å². The van der Waals surface area contributed by atoms with Crippen LogP contribution in [0, 0.1) is 0 Å². The summed E-state index contributed by atoms with van der Waals surface area (Å²) in [6, 6.07) is 0. The predicted molar refractivity (Wildman–Crippen MR) is 14.9 cm³/mol. The molecule has 0 aromatic heterocycles. The fraction of sp³-hybridized carbons (Fsp3) is 0. The van der Waals surface area contributed by atoms with Gasteiger partial charge >= 0.3 is 71.5 Å². The molecule has 0 heterocycles. The van der Waals surface area contributed by atoms with Gasteiger partial charge in [0.1, 0.15) is 0 Å². The minimum atomic E-state index is -5.25. The molecule has 0 unspecified atom stereocenters. The smallest absolute Gasteiger partial charge is 0 e. The van der Waals surface area contributed by atoms with Gasteiger partial charge in [0.05, 0.1) is 0 Å². The zero-order chi connectivity index (χ0) is 4.50. The normalized spacial score (nSPS) is 7.25. The van der Waals surface area contributed by atoms with Gasteiger partial charge in [-0.1, -0.05) is 0 Å². The molecule has 0 aromatic carbocycles. The molecule has 0 amide bonds. The molecular formula is H5CrLiMgO4Ti. The maximum absolute atomic E-state index is 8.82. The van der Waals surface area contributed by atoms with Crippen molar-refractivity contribution < 1.29 is 74.4 Å². The second-order valence-corrected chi connectivity index (χ2v) is 1.85. The van der Waals surface area contributed by atoms with Crippen molar-refractivity contribution in [2.45, 2.75) is 0 Å². The average molecular weight is 200 g/mol. The quantitative estimate of drug-likeness (QED) is 0.387. The van der Waals surface area contributed by atoms with Crippen LogP contribution in [0.3, 0.4) is 0 Å². The van der Waals surface area contributed by atoms with Gasteiger partial charge < -0.3 is 4.28 Å². The molecule has 0 spiro atoms. The Kier molecular flexibility index (Phi) is 25.6. The van der Waals surface area contributed by atoms with Gasteiger partial charge in [-0.25, -0.2) is 0 Å². The Labute approximate surface area is 96.5 Å². The van der Waals surface area contributed by atoms with Crippen molar-refractivity contribution in [2.75, 3.05) is 0 Å². The van der Waals surface area contributed by atoms with E-state index in [1.54, 1.807) is 0 Å². The molecule has 0 fully saturated rings. The van der Waals surface area contributed by atoms with Gasteiger partial charge in [-0.15, -0.1) is 0 Å². The fourth-order valence-electron chi connectivity index (χ4n) is 0. The van der Waals surface area contributed by atoms with Crippen LogP contribution in [-0.4, -0.2) is 31.4 Å². The van der Waals surface area contributed by atoms with Crippen LogP contribution in [0.2, 0.25) is 0 Å². The zero-order valence-corrected chi connectivity index (χ0v) is 8.58. The Morgan fingerprint density at radius 2 is 1.25 bits per heavy atom. The Morgan fingerprint density at radius 3 is 1.25 bits per heavy atom. The van der Waals surface area contributed by atoms with E-state index in [2.05, 4.69) is 0 Å². The standard InChI is InChI=1S/Cr.Li.Mg.2H2O.2O.Ti.3H/h;;;2*1H2;;;;;;/q+2;+1;+2;;;;;;3*-1/p-2. The van der Waals surface area contributed by atoms with Gasteiger partial charge in [0.15, 0.2) is 0 Å². The van der Waals surface area contributed by atoms with Crippen LogP contribution < -0.4 is 18.9 Å². The first kappa shape index (κ1) is 22.5. The van der Waals surface area contributed by atoms with Crippen molar-refractivity contribution in [3.63, 3.8) is 0 Å². The minimum Gasteiger partial charge on any atom is 0 e. The molecule has 0 aromatic rings. The van der Waals surface area contributed by atoms with E-state index < -0.39 is 13.6 Å². The Bertz CT molecular complexity index is 109. The summed E-state index contributed by atoms with van der Waals surface area (Å²) < 4.78 is 31.9. The van der Waals surface area contributed by atoms with Crippen LogP contribution in [0.1, 0.15) is 4.28 Å². The van der Waals surface area contributed by atoms with E-state index in [0.717, 1.165) is 0 Å². The van der Waals surface area contributed by atoms with Crippen LogP contribution in [0.25, 0.3) is 0 Å². The van der Waals surface area contributed by atoms with Gasteiger partial charge in [-0.3, -0.25) is 0 Å². The summed E-state index contributed by atoms with van der Waals surface area (Å²) in [6.45, 7) is 0.